The molecule has 0 amide bonds. The topological polar surface area (TPSA) is 43.6 Å². The Kier molecular flexibility index (Phi) is 4.85. The summed E-state index contributed by atoms with van der Waals surface area (Å²) in [6, 6.07) is 7.16. The molecule has 0 atom stereocenters. The van der Waals surface area contributed by atoms with E-state index < -0.39 is 0 Å². The van der Waals surface area contributed by atoms with Crippen LogP contribution in [0.5, 0.6) is 0 Å². The second-order valence-corrected chi connectivity index (χ2v) is 8.04. The van der Waals surface area contributed by atoms with Crippen molar-refractivity contribution in [1.82, 2.24) is 19.7 Å². The molecule has 1 fully saturated rings. The van der Waals surface area contributed by atoms with Crippen molar-refractivity contribution < 1.29 is 4.39 Å². The second kappa shape index (κ2) is 7.25. The highest BCUT2D eigenvalue weighted by atomic mass is 32.2. The summed E-state index contributed by atoms with van der Waals surface area (Å²) in [5.74, 6) is 1.15. The molecule has 2 heterocycles. The van der Waals surface area contributed by atoms with E-state index in [2.05, 4.69) is 32.1 Å². The van der Waals surface area contributed by atoms with Crippen molar-refractivity contribution in [2.24, 2.45) is 0 Å². The third-order valence-electron chi connectivity index (χ3n) is 4.10. The number of thiazole rings is 1. The summed E-state index contributed by atoms with van der Waals surface area (Å²) in [6.07, 6.45) is 4.35. The number of hydrogen-bond acceptors (Lipinski definition) is 5. The lowest BCUT2D eigenvalue weighted by molar-refractivity contribution is 0.622. The Labute approximate surface area is 154 Å². The molecule has 1 aliphatic carbocycles. The largest absolute Gasteiger partial charge is 0.299 e. The summed E-state index contributed by atoms with van der Waals surface area (Å²) >= 11 is 3.35. The fraction of sp³-hybridized carbons (Fsp3) is 0.389. The molecule has 0 unspecified atom stereocenters. The van der Waals surface area contributed by atoms with Crippen molar-refractivity contribution in [2.45, 2.75) is 49.6 Å². The molecule has 3 aromatic rings. The number of halogens is 1. The van der Waals surface area contributed by atoms with E-state index in [-0.39, 0.29) is 5.82 Å². The normalized spacial score (nSPS) is 14.2. The summed E-state index contributed by atoms with van der Waals surface area (Å²) in [4.78, 5) is 4.66. The van der Waals surface area contributed by atoms with Crippen LogP contribution in [0.15, 0.2) is 34.8 Å². The van der Waals surface area contributed by atoms with Gasteiger partial charge in [-0.1, -0.05) is 30.8 Å². The standard InChI is InChI=1S/C18H19FN4S2/c1-2-5-16-20-12(10-24-16)11-25-18-22-21-17(23(18)13-8-9-13)14-6-3-4-7-15(14)19/h3-4,6-7,10,13H,2,5,8-9,11H2,1H3. The van der Waals surface area contributed by atoms with Gasteiger partial charge in [0.25, 0.3) is 0 Å². The van der Waals surface area contributed by atoms with Crippen molar-refractivity contribution in [2.75, 3.05) is 0 Å². The molecule has 0 saturated heterocycles. The number of nitrogens with zero attached hydrogens (tertiary/aromatic N) is 4. The lowest BCUT2D eigenvalue weighted by Crippen LogP contribution is -2.01. The van der Waals surface area contributed by atoms with Crippen molar-refractivity contribution in [1.29, 1.82) is 0 Å². The van der Waals surface area contributed by atoms with Gasteiger partial charge in [-0.15, -0.1) is 21.5 Å². The molecule has 25 heavy (non-hydrogen) atoms. The Bertz CT molecular complexity index is 870. The maximum atomic E-state index is 14.2. The lowest BCUT2D eigenvalue weighted by atomic mass is 10.2. The Balaban J connectivity index is 1.57. The fourth-order valence-electron chi connectivity index (χ4n) is 2.75. The molecule has 0 bridgehead atoms. The Morgan fingerprint density at radius 3 is 2.88 bits per heavy atom. The molecular formula is C18H19FN4S2. The van der Waals surface area contributed by atoms with E-state index in [1.165, 1.54) is 11.1 Å². The van der Waals surface area contributed by atoms with Crippen LogP contribution in [0.4, 0.5) is 4.39 Å². The molecule has 130 valence electrons. The van der Waals surface area contributed by atoms with E-state index in [1.807, 2.05) is 6.07 Å². The van der Waals surface area contributed by atoms with Gasteiger partial charge >= 0.3 is 0 Å². The average Bonchev–Trinajstić information content (AvgIpc) is 3.21. The minimum absolute atomic E-state index is 0.253. The Morgan fingerprint density at radius 1 is 1.28 bits per heavy atom. The van der Waals surface area contributed by atoms with Gasteiger partial charge in [0.2, 0.25) is 0 Å². The van der Waals surface area contributed by atoms with Crippen LogP contribution in [-0.4, -0.2) is 19.7 Å². The highest BCUT2D eigenvalue weighted by Crippen LogP contribution is 2.41. The molecule has 0 spiro atoms. The first kappa shape index (κ1) is 16.7. The molecule has 1 aliphatic rings. The van der Waals surface area contributed by atoms with Gasteiger partial charge in [-0.25, -0.2) is 9.37 Å². The average molecular weight is 375 g/mol. The monoisotopic (exact) mass is 374 g/mol. The van der Waals surface area contributed by atoms with Crippen LogP contribution in [0.25, 0.3) is 11.4 Å². The van der Waals surface area contributed by atoms with Crippen LogP contribution in [0.2, 0.25) is 0 Å². The molecule has 2 aromatic heterocycles. The summed E-state index contributed by atoms with van der Waals surface area (Å²) in [6.45, 7) is 2.16. The SMILES string of the molecule is CCCc1nc(CSc2nnc(-c3ccccc3F)n2C2CC2)cs1. The highest BCUT2D eigenvalue weighted by Gasteiger charge is 2.30. The number of thioether (sulfide) groups is 1. The zero-order chi connectivity index (χ0) is 17.2. The summed E-state index contributed by atoms with van der Waals surface area (Å²) in [5, 5.41) is 12.8. The summed E-state index contributed by atoms with van der Waals surface area (Å²) in [5.41, 5.74) is 1.60. The number of hydrogen-bond donors (Lipinski definition) is 0. The first-order chi connectivity index (χ1) is 12.3. The molecule has 4 rings (SSSR count). The van der Waals surface area contributed by atoms with E-state index in [9.17, 15) is 4.39 Å². The quantitative estimate of drug-likeness (QED) is 0.538. The van der Waals surface area contributed by atoms with Crippen molar-refractivity contribution in [3.63, 3.8) is 0 Å². The van der Waals surface area contributed by atoms with E-state index in [0.29, 0.717) is 17.4 Å². The minimum Gasteiger partial charge on any atom is -0.299 e. The zero-order valence-corrected chi connectivity index (χ0v) is 15.6. The zero-order valence-electron chi connectivity index (χ0n) is 14.0. The predicted octanol–water partition coefficient (Wildman–Crippen LogP) is 5.12. The molecule has 0 aliphatic heterocycles. The maximum absolute atomic E-state index is 14.2. The molecule has 1 aromatic carbocycles. The number of benzene rings is 1. The van der Waals surface area contributed by atoms with Gasteiger partial charge in [-0.3, -0.25) is 4.57 Å². The fourth-order valence-corrected chi connectivity index (χ4v) is 4.65. The minimum atomic E-state index is -0.253. The van der Waals surface area contributed by atoms with Crippen LogP contribution >= 0.6 is 23.1 Å². The van der Waals surface area contributed by atoms with Crippen LogP contribution in [0.1, 0.15) is 42.9 Å². The molecule has 7 heteroatoms. The molecule has 1 saturated carbocycles. The van der Waals surface area contributed by atoms with E-state index in [0.717, 1.165) is 42.3 Å². The summed E-state index contributed by atoms with van der Waals surface area (Å²) in [7, 11) is 0. The van der Waals surface area contributed by atoms with Gasteiger partial charge < -0.3 is 0 Å². The maximum Gasteiger partial charge on any atom is 0.192 e. The molecule has 4 nitrogen and oxygen atoms in total. The van der Waals surface area contributed by atoms with E-state index in [1.54, 1.807) is 35.2 Å². The first-order valence-corrected chi connectivity index (χ1v) is 10.4. The van der Waals surface area contributed by atoms with E-state index >= 15 is 0 Å². The van der Waals surface area contributed by atoms with Gasteiger partial charge in [-0.05, 0) is 37.8 Å². The Morgan fingerprint density at radius 2 is 2.12 bits per heavy atom. The van der Waals surface area contributed by atoms with Gasteiger partial charge in [-0.2, -0.15) is 0 Å². The van der Waals surface area contributed by atoms with Gasteiger partial charge in [0.05, 0.1) is 16.3 Å². The third kappa shape index (κ3) is 3.62. The molecular weight excluding hydrogens is 355 g/mol. The molecule has 0 radical (unpaired) electrons. The highest BCUT2D eigenvalue weighted by molar-refractivity contribution is 7.98. The van der Waals surface area contributed by atoms with Crippen molar-refractivity contribution in [3.05, 3.63) is 46.2 Å². The summed E-state index contributed by atoms with van der Waals surface area (Å²) < 4.78 is 16.3. The van der Waals surface area contributed by atoms with Gasteiger partial charge in [0.1, 0.15) is 5.82 Å². The molecule has 0 N–H and O–H groups in total. The van der Waals surface area contributed by atoms with Crippen LogP contribution in [0, 0.1) is 5.82 Å². The predicted molar refractivity (Wildman–Crippen MR) is 99.4 cm³/mol. The first-order valence-electron chi connectivity index (χ1n) is 8.52. The van der Waals surface area contributed by atoms with Crippen molar-refractivity contribution >= 4 is 23.1 Å². The van der Waals surface area contributed by atoms with Crippen LogP contribution in [0.3, 0.4) is 0 Å². The smallest absolute Gasteiger partial charge is 0.192 e. The Hall–Kier alpha value is -1.73. The lowest BCUT2D eigenvalue weighted by Gasteiger charge is -2.09. The van der Waals surface area contributed by atoms with Crippen LogP contribution < -0.4 is 0 Å². The van der Waals surface area contributed by atoms with Crippen LogP contribution in [-0.2, 0) is 12.2 Å². The number of aryl methyl sites for hydroxylation is 1. The second-order valence-electron chi connectivity index (χ2n) is 6.16. The number of aromatic nitrogens is 4. The van der Waals surface area contributed by atoms with E-state index in [4.69, 9.17) is 0 Å². The third-order valence-corrected chi connectivity index (χ3v) is 6.04. The van der Waals surface area contributed by atoms with Gasteiger partial charge in [0, 0.05) is 17.2 Å². The van der Waals surface area contributed by atoms with Gasteiger partial charge in [0.15, 0.2) is 11.0 Å². The number of rotatable bonds is 7. The van der Waals surface area contributed by atoms with Crippen molar-refractivity contribution in [3.8, 4) is 11.4 Å².